The number of nitrogens with zero attached hydrogens (tertiary/aromatic N) is 1. The van der Waals surface area contributed by atoms with E-state index in [0.29, 0.717) is 24.1 Å². The molecule has 1 aliphatic carbocycles. The first-order valence-corrected chi connectivity index (χ1v) is 7.78. The number of aryl methyl sites for hydroxylation is 1. The molecule has 0 aromatic carbocycles. The number of carboxylic acids is 1. The second-order valence-electron chi connectivity index (χ2n) is 6.01. The Morgan fingerprint density at radius 3 is 2.62 bits per heavy atom. The molecule has 3 rings (SSSR count). The second kappa shape index (κ2) is 5.54. The molecule has 1 atom stereocenters. The Balaban J connectivity index is 1.82. The van der Waals surface area contributed by atoms with Gasteiger partial charge in [0, 0.05) is 25.1 Å². The maximum Gasteiger partial charge on any atom is 0.339 e. The van der Waals surface area contributed by atoms with Crippen LogP contribution in [0.3, 0.4) is 0 Å². The lowest BCUT2D eigenvalue weighted by molar-refractivity contribution is 0.0592. The van der Waals surface area contributed by atoms with Gasteiger partial charge in [0.25, 0.3) is 5.91 Å². The van der Waals surface area contributed by atoms with Crippen molar-refractivity contribution in [1.82, 2.24) is 4.90 Å². The lowest BCUT2D eigenvalue weighted by Gasteiger charge is -2.36. The summed E-state index contributed by atoms with van der Waals surface area (Å²) in [7, 11) is 0. The van der Waals surface area contributed by atoms with E-state index in [2.05, 4.69) is 0 Å². The van der Waals surface area contributed by atoms with Crippen molar-refractivity contribution >= 4 is 11.9 Å². The summed E-state index contributed by atoms with van der Waals surface area (Å²) < 4.78 is 5.51. The van der Waals surface area contributed by atoms with Crippen molar-refractivity contribution in [3.05, 3.63) is 23.2 Å². The number of rotatable bonds is 4. The second-order valence-corrected chi connectivity index (χ2v) is 6.01. The zero-order valence-electron chi connectivity index (χ0n) is 12.3. The van der Waals surface area contributed by atoms with Crippen LogP contribution in [0.4, 0.5) is 0 Å². The van der Waals surface area contributed by atoms with Crippen LogP contribution in [-0.2, 0) is 6.42 Å². The third-order valence-electron chi connectivity index (χ3n) is 4.83. The number of carbonyl (C=O) groups is 2. The largest absolute Gasteiger partial charge is 0.478 e. The van der Waals surface area contributed by atoms with Crippen molar-refractivity contribution < 1.29 is 19.1 Å². The first kappa shape index (κ1) is 14.2. The molecule has 21 heavy (non-hydrogen) atoms. The van der Waals surface area contributed by atoms with E-state index in [1.165, 1.54) is 25.3 Å². The predicted octanol–water partition coefficient (Wildman–Crippen LogP) is 2.94. The molecule has 1 amide bonds. The molecular formula is C16H21NO4. The molecule has 2 heterocycles. The molecule has 2 fully saturated rings. The molecule has 1 unspecified atom stereocenters. The summed E-state index contributed by atoms with van der Waals surface area (Å²) in [5, 5.41) is 9.16. The van der Waals surface area contributed by atoms with E-state index in [-0.39, 0.29) is 17.2 Å². The van der Waals surface area contributed by atoms with Crippen molar-refractivity contribution in [2.75, 3.05) is 6.54 Å². The van der Waals surface area contributed by atoms with Gasteiger partial charge in [0.15, 0.2) is 5.76 Å². The molecule has 0 bridgehead atoms. The lowest BCUT2D eigenvalue weighted by Crippen LogP contribution is -2.42. The van der Waals surface area contributed by atoms with E-state index in [1.54, 1.807) is 0 Å². The first-order chi connectivity index (χ1) is 10.1. The Hall–Kier alpha value is -1.78. The normalized spacial score (nSPS) is 22.3. The summed E-state index contributed by atoms with van der Waals surface area (Å²) in [6, 6.07) is 1.70. The minimum Gasteiger partial charge on any atom is -0.478 e. The highest BCUT2D eigenvalue weighted by Crippen LogP contribution is 2.37. The fourth-order valence-corrected chi connectivity index (χ4v) is 3.48. The smallest absolute Gasteiger partial charge is 0.339 e. The molecule has 0 spiro atoms. The van der Waals surface area contributed by atoms with Crippen LogP contribution >= 0.6 is 0 Å². The maximum absolute atomic E-state index is 12.6. The average Bonchev–Trinajstić information content (AvgIpc) is 3.02. The van der Waals surface area contributed by atoms with Gasteiger partial charge in [0.1, 0.15) is 11.3 Å². The van der Waals surface area contributed by atoms with Gasteiger partial charge in [-0.25, -0.2) is 4.79 Å². The van der Waals surface area contributed by atoms with Crippen molar-refractivity contribution in [3.8, 4) is 0 Å². The van der Waals surface area contributed by atoms with Gasteiger partial charge in [0.05, 0.1) is 0 Å². The molecule has 1 aromatic heterocycles. The zero-order valence-corrected chi connectivity index (χ0v) is 12.3. The fourth-order valence-electron chi connectivity index (χ4n) is 3.48. The van der Waals surface area contributed by atoms with Crippen LogP contribution in [0.15, 0.2) is 10.5 Å². The zero-order chi connectivity index (χ0) is 15.0. The Morgan fingerprint density at radius 1 is 1.33 bits per heavy atom. The van der Waals surface area contributed by atoms with Gasteiger partial charge in [-0.05, 0) is 31.6 Å². The molecular weight excluding hydrogens is 270 g/mol. The summed E-state index contributed by atoms with van der Waals surface area (Å²) in [6.45, 7) is 2.58. The molecule has 1 saturated carbocycles. The van der Waals surface area contributed by atoms with Gasteiger partial charge < -0.3 is 14.4 Å². The number of amides is 1. The van der Waals surface area contributed by atoms with Gasteiger partial charge in [-0.1, -0.05) is 13.3 Å². The minimum atomic E-state index is -1.04. The number of likely N-dealkylation sites (tertiary alicyclic amines) is 1. The Morgan fingerprint density at radius 2 is 2.10 bits per heavy atom. The maximum atomic E-state index is 12.6. The first-order valence-electron chi connectivity index (χ1n) is 7.78. The molecule has 5 nitrogen and oxygen atoms in total. The molecule has 1 N–H and O–H groups in total. The summed E-state index contributed by atoms with van der Waals surface area (Å²) in [5.74, 6) is -0.00469. The van der Waals surface area contributed by atoms with E-state index in [4.69, 9.17) is 9.52 Å². The van der Waals surface area contributed by atoms with E-state index >= 15 is 0 Å². The van der Waals surface area contributed by atoms with Crippen LogP contribution in [0.25, 0.3) is 0 Å². The van der Waals surface area contributed by atoms with Crippen LogP contribution in [0.1, 0.15) is 65.7 Å². The molecule has 5 heteroatoms. The third kappa shape index (κ3) is 2.45. The predicted molar refractivity (Wildman–Crippen MR) is 76.4 cm³/mol. The van der Waals surface area contributed by atoms with E-state index in [9.17, 15) is 9.59 Å². The summed E-state index contributed by atoms with van der Waals surface area (Å²) in [4.78, 5) is 25.7. The van der Waals surface area contributed by atoms with Gasteiger partial charge >= 0.3 is 5.97 Å². The highest BCUT2D eigenvalue weighted by Gasteiger charge is 2.38. The average molecular weight is 291 g/mol. The van der Waals surface area contributed by atoms with Gasteiger partial charge in [-0.15, -0.1) is 0 Å². The number of hydrogen-bond donors (Lipinski definition) is 1. The molecule has 1 aromatic rings. The van der Waals surface area contributed by atoms with Crippen molar-refractivity contribution in [2.45, 2.75) is 51.5 Å². The summed E-state index contributed by atoms with van der Waals surface area (Å²) in [5.41, 5.74) is 0.111. The number of carboxylic acid groups (broad SMARTS) is 1. The van der Waals surface area contributed by atoms with Gasteiger partial charge in [-0.3, -0.25) is 4.79 Å². The van der Waals surface area contributed by atoms with Crippen LogP contribution in [0.2, 0.25) is 0 Å². The van der Waals surface area contributed by atoms with E-state index < -0.39 is 5.97 Å². The van der Waals surface area contributed by atoms with Crippen molar-refractivity contribution in [1.29, 1.82) is 0 Å². The van der Waals surface area contributed by atoms with Crippen LogP contribution < -0.4 is 0 Å². The highest BCUT2D eigenvalue weighted by molar-refractivity contribution is 5.96. The topological polar surface area (TPSA) is 70.8 Å². The SMILES string of the molecule is CCc1oc(C(=O)N2CCCC2C2CCC2)cc1C(=O)O. The van der Waals surface area contributed by atoms with Crippen LogP contribution in [0, 0.1) is 5.92 Å². The Bertz CT molecular complexity index is 559. The summed E-state index contributed by atoms with van der Waals surface area (Å²) >= 11 is 0. The van der Waals surface area contributed by atoms with Crippen molar-refractivity contribution in [2.24, 2.45) is 5.92 Å². The number of carbonyl (C=O) groups excluding carboxylic acids is 1. The monoisotopic (exact) mass is 291 g/mol. The molecule has 1 saturated heterocycles. The van der Waals surface area contributed by atoms with Gasteiger partial charge in [0.2, 0.25) is 0 Å². The quantitative estimate of drug-likeness (QED) is 0.925. The Labute approximate surface area is 123 Å². The minimum absolute atomic E-state index is 0.111. The fraction of sp³-hybridized carbons (Fsp3) is 0.625. The highest BCUT2D eigenvalue weighted by atomic mass is 16.4. The van der Waals surface area contributed by atoms with E-state index in [0.717, 1.165) is 19.4 Å². The Kier molecular flexibility index (Phi) is 3.74. The molecule has 114 valence electrons. The van der Waals surface area contributed by atoms with E-state index in [1.807, 2.05) is 11.8 Å². The molecule has 1 aliphatic heterocycles. The van der Waals surface area contributed by atoms with Crippen molar-refractivity contribution in [3.63, 3.8) is 0 Å². The standard InChI is InChI=1S/C16H21NO4/c1-2-13-11(16(19)20)9-14(21-13)15(18)17-8-4-7-12(17)10-5-3-6-10/h9-10,12H,2-8H2,1H3,(H,19,20). The molecule has 2 aliphatic rings. The number of hydrogen-bond acceptors (Lipinski definition) is 3. The summed E-state index contributed by atoms with van der Waals surface area (Å²) in [6.07, 6.45) is 6.22. The van der Waals surface area contributed by atoms with Gasteiger partial charge in [-0.2, -0.15) is 0 Å². The van der Waals surface area contributed by atoms with Crippen LogP contribution in [-0.4, -0.2) is 34.5 Å². The number of aromatic carboxylic acids is 1. The molecule has 0 radical (unpaired) electrons. The number of furan rings is 1. The van der Waals surface area contributed by atoms with Crippen LogP contribution in [0.5, 0.6) is 0 Å². The third-order valence-corrected chi connectivity index (χ3v) is 4.83. The lowest BCUT2D eigenvalue weighted by atomic mass is 9.79.